The third kappa shape index (κ3) is 2.74. The monoisotopic (exact) mass is 181 g/mol. The number of nitrogens with zero attached hydrogens (tertiary/aromatic N) is 1. The largest absolute Gasteiger partial charge is 0.396 e. The quantitative estimate of drug-likeness (QED) is 0.634. The fourth-order valence-corrected chi connectivity index (χ4v) is 1.68. The van der Waals surface area contributed by atoms with Crippen LogP contribution in [0.15, 0.2) is 0 Å². The maximum Gasteiger partial charge on any atom is 0.234 e. The van der Waals surface area contributed by atoms with Gasteiger partial charge in [-0.25, -0.2) is 0 Å². The Labute approximate surface area is 78.7 Å². The predicted octanol–water partition coefficient (Wildman–Crippen LogP) is 0.241. The van der Waals surface area contributed by atoms with Crippen LogP contribution in [0, 0.1) is 18.3 Å². The summed E-state index contributed by atoms with van der Waals surface area (Å²) in [4.78, 5) is 13.1. The number of aliphatic hydroxyl groups excluding tert-OH is 1. The Kier molecular flexibility index (Phi) is 3.78. The van der Waals surface area contributed by atoms with Gasteiger partial charge in [-0.1, -0.05) is 5.92 Å². The Hall–Kier alpha value is -1.01. The van der Waals surface area contributed by atoms with E-state index in [9.17, 15) is 4.79 Å². The molecule has 0 aromatic carbocycles. The lowest BCUT2D eigenvalue weighted by Gasteiger charge is -2.14. The number of likely N-dealkylation sites (tertiary alicyclic amines) is 1. The summed E-state index contributed by atoms with van der Waals surface area (Å²) < 4.78 is 0. The van der Waals surface area contributed by atoms with Crippen molar-refractivity contribution in [2.24, 2.45) is 5.92 Å². The minimum atomic E-state index is 0.0444. The van der Waals surface area contributed by atoms with E-state index in [1.807, 2.05) is 0 Å². The zero-order chi connectivity index (χ0) is 9.68. The van der Waals surface area contributed by atoms with Gasteiger partial charge in [0.1, 0.15) is 0 Å². The zero-order valence-electron chi connectivity index (χ0n) is 7.70. The van der Waals surface area contributed by atoms with Gasteiger partial charge in [0.05, 0.1) is 6.42 Å². The van der Waals surface area contributed by atoms with Crippen molar-refractivity contribution in [3.63, 3.8) is 0 Å². The summed E-state index contributed by atoms with van der Waals surface area (Å²) in [5, 5.41) is 8.72. The molecule has 1 saturated heterocycles. The molecule has 0 spiro atoms. The summed E-state index contributed by atoms with van der Waals surface area (Å²) in [6.45, 7) is 1.77. The van der Waals surface area contributed by atoms with E-state index in [1.165, 1.54) is 0 Å². The Balaban J connectivity index is 2.32. The van der Waals surface area contributed by atoms with Crippen LogP contribution in [0.25, 0.3) is 0 Å². The van der Waals surface area contributed by atoms with Gasteiger partial charge in [0.15, 0.2) is 0 Å². The highest BCUT2D eigenvalue weighted by molar-refractivity contribution is 5.78. The van der Waals surface area contributed by atoms with Crippen molar-refractivity contribution in [2.75, 3.05) is 19.7 Å². The summed E-state index contributed by atoms with van der Waals surface area (Å²) in [5.41, 5.74) is 0. The van der Waals surface area contributed by atoms with Crippen LogP contribution in [0.4, 0.5) is 0 Å². The van der Waals surface area contributed by atoms with E-state index in [2.05, 4.69) is 5.92 Å². The molecule has 3 heteroatoms. The van der Waals surface area contributed by atoms with E-state index >= 15 is 0 Å². The summed E-state index contributed by atoms with van der Waals surface area (Å²) >= 11 is 0. The van der Waals surface area contributed by atoms with E-state index in [-0.39, 0.29) is 18.9 Å². The van der Waals surface area contributed by atoms with Crippen molar-refractivity contribution < 1.29 is 9.90 Å². The molecule has 1 atom stereocenters. The molecular weight excluding hydrogens is 166 g/mol. The van der Waals surface area contributed by atoms with Gasteiger partial charge in [-0.15, -0.1) is 6.42 Å². The van der Waals surface area contributed by atoms with Crippen molar-refractivity contribution in [3.8, 4) is 12.3 Å². The molecule has 0 radical (unpaired) electrons. The second-order valence-corrected chi connectivity index (χ2v) is 3.39. The molecule has 13 heavy (non-hydrogen) atoms. The number of carbonyl (C=O) groups is 1. The van der Waals surface area contributed by atoms with E-state index in [4.69, 9.17) is 11.5 Å². The van der Waals surface area contributed by atoms with Gasteiger partial charge in [-0.3, -0.25) is 4.79 Å². The normalized spacial score (nSPS) is 21.5. The molecule has 1 heterocycles. The van der Waals surface area contributed by atoms with E-state index in [0.29, 0.717) is 5.92 Å². The minimum absolute atomic E-state index is 0.0444. The second kappa shape index (κ2) is 4.88. The summed E-state index contributed by atoms with van der Waals surface area (Å²) in [6.07, 6.45) is 7.04. The van der Waals surface area contributed by atoms with Gasteiger partial charge in [-0.05, 0) is 18.8 Å². The molecule has 3 nitrogen and oxygen atoms in total. The maximum absolute atomic E-state index is 11.3. The third-order valence-electron chi connectivity index (χ3n) is 2.43. The number of aliphatic hydroxyl groups is 1. The highest BCUT2D eigenvalue weighted by Gasteiger charge is 2.24. The van der Waals surface area contributed by atoms with E-state index in [1.54, 1.807) is 4.90 Å². The van der Waals surface area contributed by atoms with Crippen LogP contribution in [0.3, 0.4) is 0 Å². The molecule has 1 fully saturated rings. The molecule has 0 aromatic heterocycles. The molecule has 1 aliphatic rings. The Bertz CT molecular complexity index is 219. The molecule has 1 N–H and O–H groups in total. The molecule has 1 aliphatic heterocycles. The topological polar surface area (TPSA) is 40.5 Å². The fraction of sp³-hybridized carbons (Fsp3) is 0.700. The van der Waals surface area contributed by atoms with Crippen LogP contribution in [0.2, 0.25) is 0 Å². The number of carbonyl (C=O) groups excluding carboxylic acids is 1. The first-order valence-corrected chi connectivity index (χ1v) is 4.60. The lowest BCUT2D eigenvalue weighted by atomic mass is 10.1. The average molecular weight is 181 g/mol. The van der Waals surface area contributed by atoms with Gasteiger partial charge in [0, 0.05) is 19.7 Å². The number of hydrogen-bond donors (Lipinski definition) is 1. The second-order valence-electron chi connectivity index (χ2n) is 3.39. The number of rotatable bonds is 3. The summed E-state index contributed by atoms with van der Waals surface area (Å²) in [5.74, 6) is 2.86. The van der Waals surface area contributed by atoms with Gasteiger partial charge in [-0.2, -0.15) is 0 Å². The van der Waals surface area contributed by atoms with Crippen LogP contribution >= 0.6 is 0 Å². The van der Waals surface area contributed by atoms with Crippen LogP contribution in [-0.4, -0.2) is 35.6 Å². The lowest BCUT2D eigenvalue weighted by Crippen LogP contribution is -2.28. The van der Waals surface area contributed by atoms with Gasteiger partial charge in [0.2, 0.25) is 5.91 Å². The van der Waals surface area contributed by atoms with Crippen LogP contribution in [0.5, 0.6) is 0 Å². The molecule has 0 aromatic rings. The van der Waals surface area contributed by atoms with Crippen molar-refractivity contribution >= 4 is 5.91 Å². The van der Waals surface area contributed by atoms with E-state index < -0.39 is 0 Å². The Morgan fingerprint density at radius 2 is 2.46 bits per heavy atom. The van der Waals surface area contributed by atoms with Gasteiger partial charge in [0.25, 0.3) is 0 Å². The summed E-state index contributed by atoms with van der Waals surface area (Å²) in [7, 11) is 0. The number of terminal acetylenes is 1. The highest BCUT2D eigenvalue weighted by atomic mass is 16.3. The Morgan fingerprint density at radius 1 is 1.69 bits per heavy atom. The molecule has 0 aliphatic carbocycles. The molecule has 1 amide bonds. The molecule has 0 bridgehead atoms. The van der Waals surface area contributed by atoms with Crippen molar-refractivity contribution in [3.05, 3.63) is 0 Å². The first kappa shape index (κ1) is 10.1. The van der Waals surface area contributed by atoms with Crippen molar-refractivity contribution in [1.29, 1.82) is 0 Å². The average Bonchev–Trinajstić information content (AvgIpc) is 2.54. The standard InChI is InChI=1S/C10H15NO2/c1-2-3-10(13)11-6-4-9(8-11)5-7-12/h1,9,12H,3-8H2. The number of hydrogen-bond acceptors (Lipinski definition) is 2. The van der Waals surface area contributed by atoms with Gasteiger partial charge >= 0.3 is 0 Å². The maximum atomic E-state index is 11.3. The van der Waals surface area contributed by atoms with Crippen LogP contribution in [0.1, 0.15) is 19.3 Å². The molecule has 72 valence electrons. The summed E-state index contributed by atoms with van der Waals surface area (Å²) in [6, 6.07) is 0. The number of amides is 1. The highest BCUT2D eigenvalue weighted by Crippen LogP contribution is 2.19. The fourth-order valence-electron chi connectivity index (χ4n) is 1.68. The van der Waals surface area contributed by atoms with E-state index in [0.717, 1.165) is 25.9 Å². The third-order valence-corrected chi connectivity index (χ3v) is 2.43. The smallest absolute Gasteiger partial charge is 0.234 e. The molecule has 1 unspecified atom stereocenters. The molecular formula is C10H15NO2. The first-order valence-electron chi connectivity index (χ1n) is 4.60. The van der Waals surface area contributed by atoms with Gasteiger partial charge < -0.3 is 10.0 Å². The van der Waals surface area contributed by atoms with Crippen molar-refractivity contribution in [2.45, 2.75) is 19.3 Å². The van der Waals surface area contributed by atoms with Crippen LogP contribution in [-0.2, 0) is 4.79 Å². The predicted molar refractivity (Wildman–Crippen MR) is 49.8 cm³/mol. The van der Waals surface area contributed by atoms with Crippen molar-refractivity contribution in [1.82, 2.24) is 4.90 Å². The first-order chi connectivity index (χ1) is 6.27. The SMILES string of the molecule is C#CCC(=O)N1CCC(CCO)C1. The Morgan fingerprint density at radius 3 is 3.08 bits per heavy atom. The molecule has 1 rings (SSSR count). The zero-order valence-corrected chi connectivity index (χ0v) is 7.70. The van der Waals surface area contributed by atoms with Crippen LogP contribution < -0.4 is 0 Å². The lowest BCUT2D eigenvalue weighted by molar-refractivity contribution is -0.129. The minimum Gasteiger partial charge on any atom is -0.396 e. The molecule has 0 saturated carbocycles.